The van der Waals surface area contributed by atoms with Crippen molar-refractivity contribution in [3.8, 4) is 0 Å². The maximum atomic E-state index is 3.72. The first-order valence-electron chi connectivity index (χ1n) is 6.68. The van der Waals surface area contributed by atoms with Crippen LogP contribution in [0.2, 0.25) is 0 Å². The van der Waals surface area contributed by atoms with E-state index in [1.54, 1.807) is 0 Å². The zero-order valence-electron chi connectivity index (χ0n) is 11.2. The van der Waals surface area contributed by atoms with Crippen molar-refractivity contribution < 1.29 is 0 Å². The molecule has 17 heavy (non-hydrogen) atoms. The lowest BCUT2D eigenvalue weighted by molar-refractivity contribution is 0.498. The molecule has 1 nitrogen and oxygen atoms in total. The zero-order chi connectivity index (χ0) is 12.5. The molecule has 1 unspecified atom stereocenters. The first kappa shape index (κ1) is 13.8. The van der Waals surface area contributed by atoms with Gasteiger partial charge in [0.15, 0.2) is 0 Å². The molecule has 0 aliphatic rings. The van der Waals surface area contributed by atoms with Crippen molar-refractivity contribution in [2.24, 2.45) is 0 Å². The van der Waals surface area contributed by atoms with Gasteiger partial charge in [-0.2, -0.15) is 0 Å². The summed E-state index contributed by atoms with van der Waals surface area (Å²) in [5.74, 6) is 0. The Hall–Kier alpha value is -1.24. The molecule has 0 spiro atoms. The van der Waals surface area contributed by atoms with Gasteiger partial charge in [-0.15, -0.1) is 0 Å². The van der Waals surface area contributed by atoms with Crippen LogP contribution in [0.1, 0.15) is 43.7 Å². The molecular formula is C16H25N. The fourth-order valence-corrected chi connectivity index (χ4v) is 2.16. The number of nitrogens with one attached hydrogen (secondary N) is 1. The average molecular weight is 231 g/mol. The van der Waals surface area contributed by atoms with Crippen molar-refractivity contribution in [3.63, 3.8) is 0 Å². The Labute approximate surface area is 106 Å². The topological polar surface area (TPSA) is 12.0 Å². The van der Waals surface area contributed by atoms with Crippen LogP contribution in [0.3, 0.4) is 0 Å². The first-order valence-corrected chi connectivity index (χ1v) is 6.68. The number of aryl methyl sites for hydroxylation is 2. The number of unbranched alkanes of at least 4 members (excludes halogenated alkanes) is 1. The predicted octanol–water partition coefficient (Wildman–Crippen LogP) is 4.22. The third-order valence-electron chi connectivity index (χ3n) is 3.20. The highest BCUT2D eigenvalue weighted by Crippen LogP contribution is 2.11. The summed E-state index contributed by atoms with van der Waals surface area (Å²) < 4.78 is 0. The number of rotatable bonds is 8. The second-order valence-electron chi connectivity index (χ2n) is 4.71. The highest BCUT2D eigenvalue weighted by molar-refractivity contribution is 5.22. The first-order chi connectivity index (χ1) is 8.26. The maximum absolute atomic E-state index is 3.72. The molecule has 0 aliphatic carbocycles. The molecule has 0 fully saturated rings. The summed E-state index contributed by atoms with van der Waals surface area (Å²) in [6, 6.07) is 9.43. The largest absolute Gasteiger partial charge is 0.389 e. The SMILES string of the molecule is C=CNC(CC)CCCCc1cccc(C)c1. The van der Waals surface area contributed by atoms with E-state index in [4.69, 9.17) is 0 Å². The van der Waals surface area contributed by atoms with Crippen molar-refractivity contribution in [3.05, 3.63) is 48.2 Å². The summed E-state index contributed by atoms with van der Waals surface area (Å²) in [5, 5.41) is 3.30. The van der Waals surface area contributed by atoms with Gasteiger partial charge < -0.3 is 5.32 Å². The second-order valence-corrected chi connectivity index (χ2v) is 4.71. The smallest absolute Gasteiger partial charge is 0.0252 e. The Balaban J connectivity index is 2.21. The standard InChI is InChI=1S/C16H25N/c1-4-16(17-5-2)12-7-6-10-15-11-8-9-14(3)13-15/h5,8-9,11,13,16-17H,2,4,6-7,10,12H2,1,3H3. The molecule has 94 valence electrons. The van der Waals surface area contributed by atoms with Crippen molar-refractivity contribution in [2.45, 2.75) is 52.0 Å². The molecule has 0 bridgehead atoms. The van der Waals surface area contributed by atoms with Crippen LogP contribution in [0.4, 0.5) is 0 Å². The quantitative estimate of drug-likeness (QED) is 0.661. The van der Waals surface area contributed by atoms with E-state index >= 15 is 0 Å². The molecule has 0 aromatic heterocycles. The van der Waals surface area contributed by atoms with Crippen LogP contribution in [0.25, 0.3) is 0 Å². The van der Waals surface area contributed by atoms with Gasteiger partial charge >= 0.3 is 0 Å². The molecule has 0 saturated heterocycles. The van der Waals surface area contributed by atoms with E-state index < -0.39 is 0 Å². The molecule has 1 atom stereocenters. The minimum atomic E-state index is 0.602. The van der Waals surface area contributed by atoms with E-state index in [0.29, 0.717) is 6.04 Å². The fourth-order valence-electron chi connectivity index (χ4n) is 2.16. The second kappa shape index (κ2) is 7.94. The number of benzene rings is 1. The highest BCUT2D eigenvalue weighted by Gasteiger charge is 2.02. The molecule has 0 amide bonds. The molecule has 1 aromatic rings. The van der Waals surface area contributed by atoms with Crippen LogP contribution in [0.15, 0.2) is 37.0 Å². The van der Waals surface area contributed by atoms with Crippen LogP contribution in [-0.4, -0.2) is 6.04 Å². The lowest BCUT2D eigenvalue weighted by atomic mass is 10.0. The van der Waals surface area contributed by atoms with Crippen molar-refractivity contribution in [1.29, 1.82) is 0 Å². The van der Waals surface area contributed by atoms with E-state index in [1.807, 2.05) is 6.20 Å². The van der Waals surface area contributed by atoms with Gasteiger partial charge in [0.2, 0.25) is 0 Å². The van der Waals surface area contributed by atoms with E-state index in [-0.39, 0.29) is 0 Å². The van der Waals surface area contributed by atoms with Gasteiger partial charge in [-0.1, -0.05) is 49.8 Å². The lowest BCUT2D eigenvalue weighted by Crippen LogP contribution is -2.22. The van der Waals surface area contributed by atoms with Crippen LogP contribution in [0, 0.1) is 6.92 Å². The van der Waals surface area contributed by atoms with Gasteiger partial charge in [-0.25, -0.2) is 0 Å². The zero-order valence-corrected chi connectivity index (χ0v) is 11.2. The Morgan fingerprint density at radius 3 is 2.82 bits per heavy atom. The summed E-state index contributed by atoms with van der Waals surface area (Å²) in [6.45, 7) is 8.10. The van der Waals surface area contributed by atoms with Crippen molar-refractivity contribution in [1.82, 2.24) is 5.32 Å². The van der Waals surface area contributed by atoms with Crippen LogP contribution < -0.4 is 5.32 Å². The molecular weight excluding hydrogens is 206 g/mol. The van der Waals surface area contributed by atoms with Crippen LogP contribution in [-0.2, 0) is 6.42 Å². The third kappa shape index (κ3) is 5.58. The van der Waals surface area contributed by atoms with Gasteiger partial charge in [-0.05, 0) is 44.4 Å². The molecule has 0 radical (unpaired) electrons. The third-order valence-corrected chi connectivity index (χ3v) is 3.20. The summed E-state index contributed by atoms with van der Waals surface area (Å²) in [7, 11) is 0. The Bertz CT molecular complexity index is 330. The molecule has 0 heterocycles. The van der Waals surface area contributed by atoms with Crippen molar-refractivity contribution >= 4 is 0 Å². The monoisotopic (exact) mass is 231 g/mol. The number of hydrogen-bond donors (Lipinski definition) is 1. The molecule has 1 rings (SSSR count). The lowest BCUT2D eigenvalue weighted by Gasteiger charge is -2.14. The Morgan fingerprint density at radius 2 is 2.18 bits per heavy atom. The highest BCUT2D eigenvalue weighted by atomic mass is 14.9. The minimum absolute atomic E-state index is 0.602. The molecule has 1 heteroatoms. The van der Waals surface area contributed by atoms with E-state index in [9.17, 15) is 0 Å². The molecule has 1 aromatic carbocycles. The van der Waals surface area contributed by atoms with Gasteiger partial charge in [0, 0.05) is 6.04 Å². The summed E-state index contributed by atoms with van der Waals surface area (Å²) in [4.78, 5) is 0. The van der Waals surface area contributed by atoms with E-state index in [0.717, 1.165) is 0 Å². The van der Waals surface area contributed by atoms with E-state index in [2.05, 4.69) is 50.0 Å². The Kier molecular flexibility index (Phi) is 6.46. The van der Waals surface area contributed by atoms with Crippen LogP contribution in [0.5, 0.6) is 0 Å². The van der Waals surface area contributed by atoms with Gasteiger partial charge in [-0.3, -0.25) is 0 Å². The number of hydrogen-bond acceptors (Lipinski definition) is 1. The minimum Gasteiger partial charge on any atom is -0.389 e. The fraction of sp³-hybridized carbons (Fsp3) is 0.500. The van der Waals surface area contributed by atoms with Gasteiger partial charge in [0.05, 0.1) is 0 Å². The van der Waals surface area contributed by atoms with E-state index in [1.165, 1.54) is 43.2 Å². The summed E-state index contributed by atoms with van der Waals surface area (Å²) in [6.07, 6.45) is 8.00. The molecule has 1 N–H and O–H groups in total. The van der Waals surface area contributed by atoms with Gasteiger partial charge in [0.1, 0.15) is 0 Å². The Morgan fingerprint density at radius 1 is 1.35 bits per heavy atom. The normalized spacial score (nSPS) is 12.1. The van der Waals surface area contributed by atoms with Crippen molar-refractivity contribution in [2.75, 3.05) is 0 Å². The average Bonchev–Trinajstić information content (AvgIpc) is 2.33. The summed E-state index contributed by atoms with van der Waals surface area (Å²) >= 11 is 0. The summed E-state index contributed by atoms with van der Waals surface area (Å²) in [5.41, 5.74) is 2.83. The molecule has 0 aliphatic heterocycles. The van der Waals surface area contributed by atoms with Crippen LogP contribution >= 0.6 is 0 Å². The predicted molar refractivity (Wildman–Crippen MR) is 76.1 cm³/mol. The maximum Gasteiger partial charge on any atom is 0.0252 e. The molecule has 0 saturated carbocycles. The van der Waals surface area contributed by atoms with Gasteiger partial charge in [0.25, 0.3) is 0 Å².